The highest BCUT2D eigenvalue weighted by Gasteiger charge is 2.68. The summed E-state index contributed by atoms with van der Waals surface area (Å²) in [5, 5.41) is 11.9. The second-order valence-electron chi connectivity index (χ2n) is 12.9. The number of rotatable bonds is 12. The maximum atomic E-state index is 12.8. The molecule has 54 heavy (non-hydrogen) atoms. The molecule has 1 aromatic rings. The molecular formula is C36H42O18. The van der Waals surface area contributed by atoms with Gasteiger partial charge in [-0.05, 0) is 36.8 Å². The molecule has 2 aliphatic heterocycles. The number of carbonyl (C=O) groups excluding carboxylic acids is 7. The first-order valence-corrected chi connectivity index (χ1v) is 16.7. The van der Waals surface area contributed by atoms with Gasteiger partial charge in [0.2, 0.25) is 12.6 Å². The molecule has 0 aromatic heterocycles. The normalized spacial score (nSPS) is 31.3. The van der Waals surface area contributed by atoms with E-state index in [4.69, 9.17) is 47.4 Å². The predicted octanol–water partition coefficient (Wildman–Crippen LogP) is 1.58. The largest absolute Gasteiger partial charge is 0.472 e. The van der Waals surface area contributed by atoms with E-state index in [1.807, 2.05) is 0 Å². The molecule has 0 spiro atoms. The summed E-state index contributed by atoms with van der Waals surface area (Å²) in [6.07, 6.45) is -6.22. The Kier molecular flexibility index (Phi) is 13.2. The van der Waals surface area contributed by atoms with Gasteiger partial charge in [0.05, 0.1) is 12.2 Å². The van der Waals surface area contributed by atoms with Crippen LogP contribution in [0.2, 0.25) is 0 Å². The van der Waals surface area contributed by atoms with Crippen molar-refractivity contribution in [2.45, 2.75) is 109 Å². The van der Waals surface area contributed by atoms with E-state index < -0.39 is 109 Å². The molecule has 10 atom stereocenters. The van der Waals surface area contributed by atoms with Crippen molar-refractivity contribution in [2.24, 2.45) is 5.92 Å². The minimum atomic E-state index is -2.03. The molecule has 0 amide bonds. The lowest BCUT2D eigenvalue weighted by molar-refractivity contribution is -0.353. The Morgan fingerprint density at radius 3 is 1.94 bits per heavy atom. The molecule has 1 saturated heterocycles. The zero-order chi connectivity index (χ0) is 40.0. The topological polar surface area (TPSA) is 232 Å². The summed E-state index contributed by atoms with van der Waals surface area (Å²) in [6.45, 7) is 7.53. The molecule has 0 unspecified atom stereocenters. The van der Waals surface area contributed by atoms with Crippen molar-refractivity contribution in [1.29, 1.82) is 0 Å². The van der Waals surface area contributed by atoms with Crippen molar-refractivity contribution in [1.82, 2.24) is 0 Å². The Morgan fingerprint density at radius 2 is 1.37 bits per heavy atom. The Morgan fingerprint density at radius 1 is 0.778 bits per heavy atom. The fraction of sp³-hybridized carbons (Fsp3) is 0.528. The number of esters is 7. The third kappa shape index (κ3) is 10.2. The van der Waals surface area contributed by atoms with E-state index in [0.29, 0.717) is 11.3 Å². The SMILES string of the molecule is CC(=O)Oc1ccc(/C=C/C(=O)OC[C@H]2O[C@@H](O[C@@H]3OC=C[C@@]4(O)[C@H](OC(C)=O)C[C@](C)(OC(C)=O)[C@@H]34)[C@H](OC(C)=O)[C@@H](OC(C)=O)[C@H]2OC(C)=O)cc1. The van der Waals surface area contributed by atoms with Crippen LogP contribution in [-0.2, 0) is 76.2 Å². The summed E-state index contributed by atoms with van der Waals surface area (Å²) in [6, 6.07) is 6.20. The lowest BCUT2D eigenvalue weighted by Crippen LogP contribution is -2.64. The Balaban J connectivity index is 1.66. The predicted molar refractivity (Wildman–Crippen MR) is 177 cm³/mol. The summed E-state index contributed by atoms with van der Waals surface area (Å²) >= 11 is 0. The third-order valence-corrected chi connectivity index (χ3v) is 8.48. The quantitative estimate of drug-likeness (QED) is 0.138. The lowest BCUT2D eigenvalue weighted by atomic mass is 9.81. The summed E-state index contributed by atoms with van der Waals surface area (Å²) < 4.78 is 56.0. The van der Waals surface area contributed by atoms with Crippen LogP contribution in [0.3, 0.4) is 0 Å². The minimum absolute atomic E-state index is 0.188. The maximum Gasteiger partial charge on any atom is 0.330 e. The molecule has 1 aliphatic carbocycles. The van der Waals surface area contributed by atoms with Gasteiger partial charge in [0.15, 0.2) is 18.3 Å². The van der Waals surface area contributed by atoms with E-state index in [9.17, 15) is 38.7 Å². The van der Waals surface area contributed by atoms with E-state index >= 15 is 0 Å². The molecule has 294 valence electrons. The molecule has 0 bridgehead atoms. The van der Waals surface area contributed by atoms with E-state index in [1.54, 1.807) is 12.1 Å². The first-order valence-electron chi connectivity index (χ1n) is 16.7. The highest BCUT2D eigenvalue weighted by molar-refractivity contribution is 5.87. The lowest BCUT2D eigenvalue weighted by Gasteiger charge is -2.47. The third-order valence-electron chi connectivity index (χ3n) is 8.48. The van der Waals surface area contributed by atoms with Crippen LogP contribution < -0.4 is 4.74 Å². The molecule has 2 fully saturated rings. The smallest absolute Gasteiger partial charge is 0.330 e. The number of benzene rings is 1. The van der Waals surface area contributed by atoms with E-state index in [0.717, 1.165) is 47.0 Å². The van der Waals surface area contributed by atoms with Gasteiger partial charge in [0.1, 0.15) is 35.8 Å². The van der Waals surface area contributed by atoms with E-state index in [2.05, 4.69) is 0 Å². The summed E-state index contributed by atoms with van der Waals surface area (Å²) in [5.41, 5.74) is -3.06. The maximum absolute atomic E-state index is 12.8. The minimum Gasteiger partial charge on any atom is -0.472 e. The highest BCUT2D eigenvalue weighted by Crippen LogP contribution is 2.52. The molecule has 3 aliphatic rings. The molecule has 0 radical (unpaired) electrons. The number of aliphatic hydroxyl groups is 1. The van der Waals surface area contributed by atoms with Crippen LogP contribution in [0.5, 0.6) is 5.75 Å². The average molecular weight is 763 g/mol. The first kappa shape index (κ1) is 41.4. The number of ether oxygens (including phenoxy) is 10. The average Bonchev–Trinajstić information content (AvgIpc) is 3.26. The zero-order valence-corrected chi connectivity index (χ0v) is 30.5. The van der Waals surface area contributed by atoms with Crippen molar-refractivity contribution in [2.75, 3.05) is 6.61 Å². The van der Waals surface area contributed by atoms with Gasteiger partial charge in [-0.25, -0.2) is 4.79 Å². The monoisotopic (exact) mass is 762 g/mol. The summed E-state index contributed by atoms with van der Waals surface area (Å²) in [5.74, 6) is -6.50. The fourth-order valence-corrected chi connectivity index (χ4v) is 6.67. The number of hydrogen-bond donors (Lipinski definition) is 1. The van der Waals surface area contributed by atoms with Crippen molar-refractivity contribution < 1.29 is 86.0 Å². The molecule has 2 heterocycles. The van der Waals surface area contributed by atoms with E-state index in [1.165, 1.54) is 38.1 Å². The first-order chi connectivity index (χ1) is 25.3. The van der Waals surface area contributed by atoms with Gasteiger partial charge in [0.25, 0.3) is 0 Å². The molecule has 1 aromatic carbocycles. The molecule has 18 heteroatoms. The van der Waals surface area contributed by atoms with Crippen LogP contribution in [0.4, 0.5) is 0 Å². The zero-order valence-electron chi connectivity index (χ0n) is 30.5. The van der Waals surface area contributed by atoms with Gasteiger partial charge in [-0.2, -0.15) is 0 Å². The molecule has 18 nitrogen and oxygen atoms in total. The van der Waals surface area contributed by atoms with Crippen LogP contribution in [0, 0.1) is 5.92 Å². The second-order valence-corrected chi connectivity index (χ2v) is 12.9. The number of carbonyl (C=O) groups is 7. The summed E-state index contributed by atoms with van der Waals surface area (Å²) in [7, 11) is 0. The number of hydrogen-bond acceptors (Lipinski definition) is 18. The van der Waals surface area contributed by atoms with Crippen LogP contribution in [0.1, 0.15) is 60.5 Å². The Hall–Kier alpha value is -5.33. The van der Waals surface area contributed by atoms with Gasteiger partial charge in [-0.1, -0.05) is 12.1 Å². The second kappa shape index (κ2) is 17.2. The van der Waals surface area contributed by atoms with Gasteiger partial charge in [0, 0.05) is 54.0 Å². The van der Waals surface area contributed by atoms with Crippen molar-refractivity contribution in [3.05, 3.63) is 48.2 Å². The standard InChI is InChI=1S/C36H42O18/c1-18(37)47-25-11-8-24(9-12-25)10-13-28(43)46-17-26-29(49-20(3)39)30(50-21(4)40)31(51-22(5)41)33(52-26)53-34-32-35(7,54-23(6)42)16-27(48-19(2)38)36(32,44)14-15-45-34/h8-15,26-27,29-34,44H,16-17H2,1-7H3/b13-10+/t26-,27-,29+,30+,31-,32-,33+,34+,35+,36-/m1/s1. The summed E-state index contributed by atoms with van der Waals surface area (Å²) in [4.78, 5) is 85.3. The Labute approximate surface area is 309 Å². The molecule has 1 saturated carbocycles. The van der Waals surface area contributed by atoms with Crippen LogP contribution in [-0.4, -0.2) is 108 Å². The van der Waals surface area contributed by atoms with Crippen LogP contribution >= 0.6 is 0 Å². The number of fused-ring (bicyclic) bond motifs is 1. The fourth-order valence-electron chi connectivity index (χ4n) is 6.67. The molecule has 4 rings (SSSR count). The van der Waals surface area contributed by atoms with Gasteiger partial charge < -0.3 is 52.5 Å². The van der Waals surface area contributed by atoms with Crippen molar-refractivity contribution in [3.63, 3.8) is 0 Å². The van der Waals surface area contributed by atoms with E-state index in [-0.39, 0.29) is 6.42 Å². The Bertz CT molecular complexity index is 1670. The van der Waals surface area contributed by atoms with Crippen molar-refractivity contribution >= 4 is 47.9 Å². The highest BCUT2D eigenvalue weighted by atomic mass is 16.8. The van der Waals surface area contributed by atoms with Crippen LogP contribution in [0.25, 0.3) is 6.08 Å². The van der Waals surface area contributed by atoms with Crippen LogP contribution in [0.15, 0.2) is 42.7 Å². The van der Waals surface area contributed by atoms with Gasteiger partial charge in [-0.15, -0.1) is 0 Å². The molecule has 1 N–H and O–H groups in total. The van der Waals surface area contributed by atoms with Crippen molar-refractivity contribution in [3.8, 4) is 5.75 Å². The van der Waals surface area contributed by atoms with Gasteiger partial charge >= 0.3 is 41.8 Å². The van der Waals surface area contributed by atoms with Gasteiger partial charge in [-0.3, -0.25) is 28.8 Å². The molecular weight excluding hydrogens is 720 g/mol.